The van der Waals surface area contributed by atoms with Crippen molar-refractivity contribution >= 4 is 58.4 Å². The van der Waals surface area contributed by atoms with Gasteiger partial charge in [-0.05, 0) is 29.8 Å². The number of fused-ring (bicyclic) bond motifs is 1. The summed E-state index contributed by atoms with van der Waals surface area (Å²) in [6.45, 7) is 0. The Bertz CT molecular complexity index is 886. The normalized spacial score (nSPS) is 12.7. The lowest BCUT2D eigenvalue weighted by atomic mass is 10.1. The van der Waals surface area contributed by atoms with E-state index in [9.17, 15) is 14.4 Å². The highest BCUT2D eigenvalue weighted by Crippen LogP contribution is 2.26. The summed E-state index contributed by atoms with van der Waals surface area (Å²) < 4.78 is 0. The van der Waals surface area contributed by atoms with Crippen molar-refractivity contribution in [3.8, 4) is 0 Å². The number of hydrogen-bond acceptors (Lipinski definition) is 4. The first kappa shape index (κ1) is 17.8. The van der Waals surface area contributed by atoms with Crippen molar-refractivity contribution < 1.29 is 14.4 Å². The molecular formula is C17H12Cl2N2O3S. The summed E-state index contributed by atoms with van der Waals surface area (Å²) in [5.41, 5.74) is 1.68. The Morgan fingerprint density at radius 1 is 1.12 bits per heavy atom. The van der Waals surface area contributed by atoms with Gasteiger partial charge in [-0.1, -0.05) is 35.3 Å². The lowest BCUT2D eigenvalue weighted by Crippen LogP contribution is -2.21. The van der Waals surface area contributed by atoms with Crippen LogP contribution >= 0.6 is 35.0 Å². The Balaban J connectivity index is 1.61. The third-order valence-electron chi connectivity index (χ3n) is 3.54. The summed E-state index contributed by atoms with van der Waals surface area (Å²) in [4.78, 5) is 35.6. The summed E-state index contributed by atoms with van der Waals surface area (Å²) in [7, 11) is 0. The number of amides is 3. The Morgan fingerprint density at radius 3 is 2.68 bits per heavy atom. The second kappa shape index (κ2) is 7.47. The molecule has 5 nitrogen and oxygen atoms in total. The van der Waals surface area contributed by atoms with Crippen molar-refractivity contribution in [1.82, 2.24) is 5.32 Å². The molecule has 0 spiro atoms. The van der Waals surface area contributed by atoms with Gasteiger partial charge in [-0.3, -0.25) is 19.7 Å². The van der Waals surface area contributed by atoms with Gasteiger partial charge in [-0.15, -0.1) is 11.8 Å². The van der Waals surface area contributed by atoms with E-state index in [0.717, 1.165) is 5.56 Å². The molecule has 25 heavy (non-hydrogen) atoms. The van der Waals surface area contributed by atoms with Crippen LogP contribution in [0.2, 0.25) is 10.0 Å². The molecule has 0 radical (unpaired) electrons. The fraction of sp³-hybridized carbons (Fsp3) is 0.118. The maximum Gasteiger partial charge on any atom is 0.261 e. The summed E-state index contributed by atoms with van der Waals surface area (Å²) in [6, 6.07) is 9.97. The third-order valence-corrected chi connectivity index (χ3v) is 5.11. The Kier molecular flexibility index (Phi) is 5.32. The summed E-state index contributed by atoms with van der Waals surface area (Å²) in [6.07, 6.45) is 0. The predicted molar refractivity (Wildman–Crippen MR) is 99.5 cm³/mol. The topological polar surface area (TPSA) is 75.3 Å². The van der Waals surface area contributed by atoms with Crippen molar-refractivity contribution in [1.29, 1.82) is 0 Å². The van der Waals surface area contributed by atoms with E-state index in [2.05, 4.69) is 10.6 Å². The monoisotopic (exact) mass is 394 g/mol. The summed E-state index contributed by atoms with van der Waals surface area (Å²) in [5, 5.41) is 6.00. The van der Waals surface area contributed by atoms with Gasteiger partial charge in [0.2, 0.25) is 5.91 Å². The Hall–Kier alpha value is -2.02. The number of imide groups is 1. The SMILES string of the molecule is O=C(CSCc1ccc(Cl)cc1Cl)Nc1cccc2c1C(=O)NC2=O. The van der Waals surface area contributed by atoms with E-state index < -0.39 is 11.8 Å². The van der Waals surface area contributed by atoms with Gasteiger partial charge in [-0.2, -0.15) is 0 Å². The van der Waals surface area contributed by atoms with Crippen LogP contribution in [0.15, 0.2) is 36.4 Å². The van der Waals surface area contributed by atoms with E-state index >= 15 is 0 Å². The van der Waals surface area contributed by atoms with E-state index in [1.165, 1.54) is 11.8 Å². The molecule has 0 saturated carbocycles. The molecule has 0 bridgehead atoms. The van der Waals surface area contributed by atoms with Crippen LogP contribution in [-0.4, -0.2) is 23.5 Å². The van der Waals surface area contributed by atoms with Crippen molar-refractivity contribution in [2.45, 2.75) is 5.75 Å². The molecule has 1 heterocycles. The number of rotatable bonds is 5. The predicted octanol–water partition coefficient (Wildman–Crippen LogP) is 3.75. The highest BCUT2D eigenvalue weighted by atomic mass is 35.5. The molecule has 0 saturated heterocycles. The van der Waals surface area contributed by atoms with Crippen LogP contribution in [0.5, 0.6) is 0 Å². The summed E-state index contributed by atoms with van der Waals surface area (Å²) >= 11 is 13.3. The maximum absolute atomic E-state index is 12.1. The molecule has 0 aromatic heterocycles. The fourth-order valence-electron chi connectivity index (χ4n) is 2.40. The quantitative estimate of drug-likeness (QED) is 0.757. The van der Waals surface area contributed by atoms with E-state index in [-0.39, 0.29) is 22.8 Å². The highest BCUT2D eigenvalue weighted by Gasteiger charge is 2.29. The zero-order chi connectivity index (χ0) is 18.0. The van der Waals surface area contributed by atoms with Crippen molar-refractivity contribution in [3.05, 3.63) is 63.1 Å². The van der Waals surface area contributed by atoms with Crippen LogP contribution in [-0.2, 0) is 10.5 Å². The van der Waals surface area contributed by atoms with Crippen molar-refractivity contribution in [2.75, 3.05) is 11.1 Å². The minimum Gasteiger partial charge on any atom is -0.325 e. The molecule has 3 rings (SSSR count). The number of anilines is 1. The van der Waals surface area contributed by atoms with Gasteiger partial charge < -0.3 is 5.32 Å². The van der Waals surface area contributed by atoms with Gasteiger partial charge in [0, 0.05) is 15.8 Å². The average molecular weight is 395 g/mol. The van der Waals surface area contributed by atoms with Gasteiger partial charge in [0.1, 0.15) is 0 Å². The van der Waals surface area contributed by atoms with Crippen LogP contribution in [0.25, 0.3) is 0 Å². The Labute approximate surface area is 158 Å². The molecule has 0 aliphatic carbocycles. The first-order valence-electron chi connectivity index (χ1n) is 7.26. The van der Waals surface area contributed by atoms with Crippen molar-refractivity contribution in [3.63, 3.8) is 0 Å². The van der Waals surface area contributed by atoms with Crippen LogP contribution in [0.4, 0.5) is 5.69 Å². The van der Waals surface area contributed by atoms with Crippen LogP contribution in [0, 0.1) is 0 Å². The van der Waals surface area contributed by atoms with Crippen LogP contribution in [0.3, 0.4) is 0 Å². The van der Waals surface area contributed by atoms with Gasteiger partial charge in [-0.25, -0.2) is 0 Å². The van der Waals surface area contributed by atoms with Crippen LogP contribution < -0.4 is 10.6 Å². The zero-order valence-electron chi connectivity index (χ0n) is 12.8. The van der Waals surface area contributed by atoms with Crippen LogP contribution in [0.1, 0.15) is 26.3 Å². The lowest BCUT2D eigenvalue weighted by Gasteiger charge is -2.09. The number of carbonyl (C=O) groups is 3. The first-order valence-corrected chi connectivity index (χ1v) is 9.17. The average Bonchev–Trinajstić information content (AvgIpc) is 2.85. The zero-order valence-corrected chi connectivity index (χ0v) is 15.1. The van der Waals surface area contributed by atoms with Gasteiger partial charge in [0.05, 0.1) is 22.6 Å². The van der Waals surface area contributed by atoms with E-state index in [1.807, 2.05) is 6.07 Å². The van der Waals surface area contributed by atoms with E-state index in [4.69, 9.17) is 23.2 Å². The maximum atomic E-state index is 12.1. The van der Waals surface area contributed by atoms with Gasteiger partial charge in [0.15, 0.2) is 0 Å². The highest BCUT2D eigenvalue weighted by molar-refractivity contribution is 7.99. The minimum absolute atomic E-state index is 0.179. The number of hydrogen-bond donors (Lipinski definition) is 2. The number of benzene rings is 2. The molecule has 2 N–H and O–H groups in total. The first-order chi connectivity index (χ1) is 12.0. The number of carbonyl (C=O) groups excluding carboxylic acids is 3. The smallest absolute Gasteiger partial charge is 0.261 e. The lowest BCUT2D eigenvalue weighted by molar-refractivity contribution is -0.113. The molecule has 3 amide bonds. The van der Waals surface area contributed by atoms with E-state index in [0.29, 0.717) is 21.5 Å². The molecule has 0 atom stereocenters. The largest absolute Gasteiger partial charge is 0.325 e. The molecule has 0 fully saturated rings. The second-order valence-electron chi connectivity index (χ2n) is 5.29. The van der Waals surface area contributed by atoms with Gasteiger partial charge in [0.25, 0.3) is 11.8 Å². The molecule has 1 aliphatic heterocycles. The number of nitrogens with one attached hydrogen (secondary N) is 2. The second-order valence-corrected chi connectivity index (χ2v) is 7.12. The number of thioether (sulfide) groups is 1. The third kappa shape index (κ3) is 3.98. The number of halogens is 2. The van der Waals surface area contributed by atoms with Gasteiger partial charge >= 0.3 is 0 Å². The fourth-order valence-corrected chi connectivity index (χ4v) is 3.79. The standard InChI is InChI=1S/C17H12Cl2N2O3S/c18-10-5-4-9(12(19)6-10)7-25-8-14(22)20-13-3-1-2-11-15(13)17(24)21-16(11)23/h1-6H,7-8H2,(H,20,22)(H,21,23,24). The summed E-state index contributed by atoms with van der Waals surface area (Å²) in [5.74, 6) is -0.497. The molecule has 2 aromatic carbocycles. The molecule has 128 valence electrons. The molecular weight excluding hydrogens is 383 g/mol. The molecule has 2 aromatic rings. The minimum atomic E-state index is -0.503. The molecule has 1 aliphatic rings. The molecule has 0 unspecified atom stereocenters. The van der Waals surface area contributed by atoms with E-state index in [1.54, 1.807) is 30.3 Å². The Morgan fingerprint density at radius 2 is 1.92 bits per heavy atom. The van der Waals surface area contributed by atoms with Crippen molar-refractivity contribution in [2.24, 2.45) is 0 Å². The molecule has 8 heteroatoms.